The van der Waals surface area contributed by atoms with Gasteiger partial charge in [-0.1, -0.05) is 0 Å². The molecular weight excluding hydrogens is 458 g/mol. The fourth-order valence-corrected chi connectivity index (χ4v) is 4.30. The van der Waals surface area contributed by atoms with Crippen molar-refractivity contribution in [2.24, 2.45) is 0 Å². The molecule has 3 aromatic rings. The van der Waals surface area contributed by atoms with Crippen LogP contribution in [-0.2, 0) is 9.59 Å². The van der Waals surface area contributed by atoms with Crippen LogP contribution in [0.5, 0.6) is 11.5 Å². The van der Waals surface area contributed by atoms with Crippen molar-refractivity contribution < 1.29 is 19.1 Å². The van der Waals surface area contributed by atoms with Gasteiger partial charge in [0.25, 0.3) is 0 Å². The summed E-state index contributed by atoms with van der Waals surface area (Å²) in [6.45, 7) is 11.4. The van der Waals surface area contributed by atoms with E-state index in [1.807, 2.05) is 37.6 Å². The molecule has 1 aliphatic heterocycles. The van der Waals surface area contributed by atoms with Gasteiger partial charge in [-0.05, 0) is 64.5 Å². The van der Waals surface area contributed by atoms with Gasteiger partial charge in [-0.25, -0.2) is 4.68 Å². The first-order chi connectivity index (χ1) is 17.3. The molecule has 1 aromatic carbocycles. The highest BCUT2D eigenvalue weighted by Crippen LogP contribution is 2.32. The standard InChI is InChI=1S/C27H33N5O4/c1-6-30(17-25(33)29-22-8-9-23-24(16-22)36-14-13-35-23)27(34)10-7-21-15-19(4)31(20(21)5)26-11-12-28-32(26)18(2)3/h7-12,15-16,18H,6,13-14,17H2,1-5H3,(H,29,33). The molecule has 1 aliphatic rings. The Kier molecular flexibility index (Phi) is 7.47. The van der Waals surface area contributed by atoms with Crippen molar-refractivity contribution in [1.82, 2.24) is 19.2 Å². The van der Waals surface area contributed by atoms with Crippen LogP contribution in [0.1, 0.15) is 43.8 Å². The van der Waals surface area contributed by atoms with Gasteiger partial charge in [0.05, 0.1) is 6.20 Å². The quantitative estimate of drug-likeness (QED) is 0.478. The Morgan fingerprint density at radius 3 is 2.61 bits per heavy atom. The van der Waals surface area contributed by atoms with Crippen LogP contribution >= 0.6 is 0 Å². The molecule has 190 valence electrons. The van der Waals surface area contributed by atoms with E-state index in [-0.39, 0.29) is 24.4 Å². The molecule has 36 heavy (non-hydrogen) atoms. The number of hydrogen-bond donors (Lipinski definition) is 1. The van der Waals surface area contributed by atoms with E-state index in [2.05, 4.69) is 28.8 Å². The first-order valence-corrected chi connectivity index (χ1v) is 12.2. The highest BCUT2D eigenvalue weighted by Gasteiger charge is 2.17. The number of amides is 2. The molecule has 0 atom stereocenters. The Balaban J connectivity index is 1.43. The zero-order chi connectivity index (χ0) is 25.8. The van der Waals surface area contributed by atoms with Crippen LogP contribution in [0.3, 0.4) is 0 Å². The van der Waals surface area contributed by atoms with E-state index < -0.39 is 0 Å². The summed E-state index contributed by atoms with van der Waals surface area (Å²) in [4.78, 5) is 27.0. The number of fused-ring (bicyclic) bond motifs is 1. The summed E-state index contributed by atoms with van der Waals surface area (Å²) in [5.74, 6) is 1.72. The van der Waals surface area contributed by atoms with Gasteiger partial charge in [0, 0.05) is 47.9 Å². The van der Waals surface area contributed by atoms with Crippen LogP contribution in [0.25, 0.3) is 11.9 Å². The molecule has 0 bridgehead atoms. The van der Waals surface area contributed by atoms with E-state index in [0.717, 1.165) is 22.8 Å². The van der Waals surface area contributed by atoms with E-state index in [4.69, 9.17) is 9.47 Å². The molecule has 1 N–H and O–H groups in total. The van der Waals surface area contributed by atoms with Crippen molar-refractivity contribution in [2.45, 2.75) is 40.7 Å². The molecule has 0 aliphatic carbocycles. The molecule has 0 radical (unpaired) electrons. The molecule has 0 saturated heterocycles. The SMILES string of the molecule is CCN(CC(=O)Nc1ccc2c(c1)OCCO2)C(=O)C=Cc1cc(C)n(-c2ccnn2C(C)C)c1C. The highest BCUT2D eigenvalue weighted by molar-refractivity contribution is 5.98. The van der Waals surface area contributed by atoms with Crippen LogP contribution in [0.15, 0.2) is 42.6 Å². The van der Waals surface area contributed by atoms with E-state index in [1.54, 1.807) is 30.5 Å². The summed E-state index contributed by atoms with van der Waals surface area (Å²) in [7, 11) is 0. The smallest absolute Gasteiger partial charge is 0.247 e. The Hall–Kier alpha value is -4.01. The van der Waals surface area contributed by atoms with Crippen LogP contribution < -0.4 is 14.8 Å². The second kappa shape index (κ2) is 10.7. The number of nitrogens with one attached hydrogen (secondary N) is 1. The zero-order valence-electron chi connectivity index (χ0n) is 21.4. The number of benzene rings is 1. The lowest BCUT2D eigenvalue weighted by Gasteiger charge is -2.20. The fourth-order valence-electron chi connectivity index (χ4n) is 4.30. The topological polar surface area (TPSA) is 90.6 Å². The maximum atomic E-state index is 12.9. The molecule has 2 amide bonds. The molecule has 4 rings (SSSR count). The van der Waals surface area contributed by atoms with Crippen LogP contribution in [-0.4, -0.2) is 57.4 Å². The van der Waals surface area contributed by atoms with E-state index in [0.29, 0.717) is 36.9 Å². The third kappa shape index (κ3) is 5.30. The number of anilines is 1. The van der Waals surface area contributed by atoms with Crippen molar-refractivity contribution in [3.05, 3.63) is 59.6 Å². The normalized spacial score (nSPS) is 12.8. The maximum absolute atomic E-state index is 12.9. The molecule has 0 unspecified atom stereocenters. The molecule has 2 aromatic heterocycles. The number of carbonyl (C=O) groups is 2. The molecule has 0 spiro atoms. The number of ether oxygens (including phenoxy) is 2. The van der Waals surface area contributed by atoms with Crippen molar-refractivity contribution in [3.8, 4) is 17.3 Å². The van der Waals surface area contributed by atoms with Crippen molar-refractivity contribution in [2.75, 3.05) is 31.6 Å². The average molecular weight is 492 g/mol. The Morgan fingerprint density at radius 2 is 1.89 bits per heavy atom. The van der Waals surface area contributed by atoms with Gasteiger partial charge in [-0.15, -0.1) is 0 Å². The van der Waals surface area contributed by atoms with Crippen LogP contribution in [0.2, 0.25) is 0 Å². The zero-order valence-corrected chi connectivity index (χ0v) is 21.4. The second-order valence-corrected chi connectivity index (χ2v) is 8.98. The van der Waals surface area contributed by atoms with Gasteiger partial charge in [0.1, 0.15) is 25.6 Å². The number of aryl methyl sites for hydroxylation is 1. The van der Waals surface area contributed by atoms with Crippen molar-refractivity contribution >= 4 is 23.6 Å². The lowest BCUT2D eigenvalue weighted by Crippen LogP contribution is -2.36. The lowest BCUT2D eigenvalue weighted by atomic mass is 10.2. The summed E-state index contributed by atoms with van der Waals surface area (Å²) in [5.41, 5.74) is 3.59. The molecule has 0 saturated carbocycles. The van der Waals surface area contributed by atoms with E-state index in [1.165, 1.54) is 11.0 Å². The minimum atomic E-state index is -0.282. The van der Waals surface area contributed by atoms with Gasteiger partial charge in [0.15, 0.2) is 11.5 Å². The minimum absolute atomic E-state index is 0.0549. The number of hydrogen-bond acceptors (Lipinski definition) is 5. The molecule has 9 nitrogen and oxygen atoms in total. The highest BCUT2D eigenvalue weighted by atomic mass is 16.6. The maximum Gasteiger partial charge on any atom is 0.247 e. The summed E-state index contributed by atoms with van der Waals surface area (Å²) < 4.78 is 15.2. The number of rotatable bonds is 8. The van der Waals surface area contributed by atoms with Gasteiger partial charge < -0.3 is 24.3 Å². The van der Waals surface area contributed by atoms with Crippen molar-refractivity contribution in [1.29, 1.82) is 0 Å². The summed E-state index contributed by atoms with van der Waals surface area (Å²) in [6, 6.07) is 9.50. The minimum Gasteiger partial charge on any atom is -0.486 e. The summed E-state index contributed by atoms with van der Waals surface area (Å²) >= 11 is 0. The van der Waals surface area contributed by atoms with Crippen LogP contribution in [0, 0.1) is 13.8 Å². The predicted octanol–water partition coefficient (Wildman–Crippen LogP) is 4.14. The Bertz CT molecular complexity index is 1290. The molecule has 3 heterocycles. The Labute approximate surface area is 211 Å². The molecule has 9 heteroatoms. The largest absolute Gasteiger partial charge is 0.486 e. The molecular formula is C27H33N5O4. The Morgan fingerprint density at radius 1 is 1.14 bits per heavy atom. The third-order valence-electron chi connectivity index (χ3n) is 6.10. The summed E-state index contributed by atoms with van der Waals surface area (Å²) in [6.07, 6.45) is 5.12. The van der Waals surface area contributed by atoms with Gasteiger partial charge in [0.2, 0.25) is 11.8 Å². The predicted molar refractivity (Wildman–Crippen MR) is 139 cm³/mol. The summed E-state index contributed by atoms with van der Waals surface area (Å²) in [5, 5.41) is 7.27. The van der Waals surface area contributed by atoms with E-state index >= 15 is 0 Å². The lowest BCUT2D eigenvalue weighted by molar-refractivity contribution is -0.130. The average Bonchev–Trinajstić information content (AvgIpc) is 3.44. The third-order valence-corrected chi connectivity index (χ3v) is 6.10. The number of likely N-dealkylation sites (N-methyl/N-ethyl adjacent to an activating group) is 1. The fraction of sp³-hybridized carbons (Fsp3) is 0.370. The van der Waals surface area contributed by atoms with Crippen molar-refractivity contribution in [3.63, 3.8) is 0 Å². The second-order valence-electron chi connectivity index (χ2n) is 8.98. The first-order valence-electron chi connectivity index (χ1n) is 12.2. The van der Waals surface area contributed by atoms with Crippen LogP contribution in [0.4, 0.5) is 5.69 Å². The van der Waals surface area contributed by atoms with Gasteiger partial charge in [-0.3, -0.25) is 9.59 Å². The van der Waals surface area contributed by atoms with Gasteiger partial charge in [-0.2, -0.15) is 5.10 Å². The van der Waals surface area contributed by atoms with E-state index in [9.17, 15) is 9.59 Å². The molecule has 0 fully saturated rings. The van der Waals surface area contributed by atoms with Gasteiger partial charge >= 0.3 is 0 Å². The first kappa shape index (κ1) is 25.1. The number of nitrogens with zero attached hydrogens (tertiary/aromatic N) is 4. The monoisotopic (exact) mass is 491 g/mol. The number of carbonyl (C=O) groups excluding carboxylic acids is 2. The number of aromatic nitrogens is 3.